The topological polar surface area (TPSA) is 116 Å². The maximum Gasteiger partial charge on any atom is 0.292 e. The lowest BCUT2D eigenvalue weighted by Gasteiger charge is -2.11. The normalized spacial score (nSPS) is 10.4. The molecule has 0 bridgehead atoms. The van der Waals surface area contributed by atoms with Crippen LogP contribution in [-0.2, 0) is 4.79 Å². The first-order chi connectivity index (χ1) is 15.1. The minimum Gasteiger partial charge on any atom is -0.497 e. The van der Waals surface area contributed by atoms with Crippen molar-refractivity contribution in [3.05, 3.63) is 54.5 Å². The Kier molecular flexibility index (Phi) is 7.88. The van der Waals surface area contributed by atoms with Crippen LogP contribution in [0.15, 0.2) is 58.2 Å². The van der Waals surface area contributed by atoms with Gasteiger partial charge in [-0.25, -0.2) is 0 Å². The van der Waals surface area contributed by atoms with Crippen LogP contribution in [0.3, 0.4) is 0 Å². The molecule has 1 aromatic carbocycles. The van der Waals surface area contributed by atoms with Crippen LogP contribution in [0.4, 0.5) is 11.5 Å². The molecule has 0 fully saturated rings. The van der Waals surface area contributed by atoms with Crippen molar-refractivity contribution >= 4 is 35.1 Å². The van der Waals surface area contributed by atoms with Gasteiger partial charge in [-0.1, -0.05) is 0 Å². The van der Waals surface area contributed by atoms with Crippen molar-refractivity contribution in [3.63, 3.8) is 0 Å². The van der Waals surface area contributed by atoms with E-state index in [1.807, 2.05) is 0 Å². The molecule has 31 heavy (non-hydrogen) atoms. The Bertz CT molecular complexity index is 1010. The van der Waals surface area contributed by atoms with Gasteiger partial charge in [-0.15, -0.1) is 22.0 Å². The zero-order chi connectivity index (χ0) is 22.1. The van der Waals surface area contributed by atoms with Crippen molar-refractivity contribution in [2.75, 3.05) is 30.6 Å². The fraction of sp³-hybridized carbons (Fsp3) is 0.238. The first-order valence-electron chi connectivity index (χ1n) is 9.42. The van der Waals surface area contributed by atoms with Gasteiger partial charge in [-0.3, -0.25) is 9.59 Å². The molecule has 10 heteroatoms. The number of hydrogen-bond acceptors (Lipinski definition) is 8. The zero-order valence-electron chi connectivity index (χ0n) is 17.1. The maximum atomic E-state index is 12.2. The summed E-state index contributed by atoms with van der Waals surface area (Å²) in [4.78, 5) is 24.2. The number of carbonyl (C=O) groups excluding carboxylic acids is 2. The van der Waals surface area contributed by atoms with Crippen LogP contribution in [0.25, 0.3) is 0 Å². The third-order valence-corrected chi connectivity index (χ3v) is 5.11. The highest BCUT2D eigenvalue weighted by Crippen LogP contribution is 2.29. The molecular formula is C21H22N4O5S. The number of anilines is 2. The van der Waals surface area contributed by atoms with E-state index in [1.165, 1.54) is 18.0 Å². The summed E-state index contributed by atoms with van der Waals surface area (Å²) in [7, 11) is 3.11. The summed E-state index contributed by atoms with van der Waals surface area (Å²) in [5.74, 6) is 1.91. The zero-order valence-corrected chi connectivity index (χ0v) is 17.9. The molecule has 0 aliphatic rings. The minimum atomic E-state index is -0.390. The molecule has 2 amide bonds. The Balaban J connectivity index is 1.41. The Labute approximate surface area is 183 Å². The molecule has 2 heterocycles. The molecule has 0 unspecified atom stereocenters. The monoisotopic (exact) mass is 442 g/mol. The number of ether oxygens (including phenoxy) is 2. The Morgan fingerprint density at radius 3 is 2.61 bits per heavy atom. The van der Waals surface area contributed by atoms with Gasteiger partial charge >= 0.3 is 0 Å². The molecule has 0 saturated heterocycles. The molecule has 0 radical (unpaired) electrons. The molecule has 2 N–H and O–H groups in total. The smallest absolute Gasteiger partial charge is 0.292 e. The van der Waals surface area contributed by atoms with Gasteiger partial charge in [0.2, 0.25) is 5.91 Å². The van der Waals surface area contributed by atoms with Crippen LogP contribution in [0.2, 0.25) is 0 Å². The minimum absolute atomic E-state index is 0.116. The van der Waals surface area contributed by atoms with Crippen LogP contribution in [0.1, 0.15) is 23.4 Å². The number of nitrogens with one attached hydrogen (secondary N) is 2. The number of carbonyl (C=O) groups is 2. The van der Waals surface area contributed by atoms with Gasteiger partial charge in [0, 0.05) is 18.2 Å². The second-order valence-corrected chi connectivity index (χ2v) is 7.37. The van der Waals surface area contributed by atoms with Crippen molar-refractivity contribution in [2.24, 2.45) is 0 Å². The third-order valence-electron chi connectivity index (χ3n) is 4.11. The molecule has 162 valence electrons. The van der Waals surface area contributed by atoms with Gasteiger partial charge in [0.15, 0.2) is 11.6 Å². The quantitative estimate of drug-likeness (QED) is 0.359. The largest absolute Gasteiger partial charge is 0.497 e. The van der Waals surface area contributed by atoms with Crippen molar-refractivity contribution in [1.82, 2.24) is 10.2 Å². The number of furan rings is 1. The standard InChI is InChI=1S/C21H22N4O5S/c1-28-14-7-8-16(29-2)15(13-14)22-19(26)6-4-12-31-20-10-9-18(24-25-20)23-21(27)17-5-3-11-30-17/h3,5,7-11,13H,4,6,12H2,1-2H3,(H,22,26)(H,23,24,27). The van der Waals surface area contributed by atoms with Crippen LogP contribution >= 0.6 is 11.8 Å². The van der Waals surface area contributed by atoms with E-state index in [-0.39, 0.29) is 11.7 Å². The number of thioether (sulfide) groups is 1. The average Bonchev–Trinajstić information content (AvgIpc) is 3.33. The van der Waals surface area contributed by atoms with E-state index in [2.05, 4.69) is 20.8 Å². The summed E-state index contributed by atoms with van der Waals surface area (Å²) in [6.45, 7) is 0. The highest BCUT2D eigenvalue weighted by molar-refractivity contribution is 7.99. The number of methoxy groups -OCH3 is 2. The summed E-state index contributed by atoms with van der Waals surface area (Å²) >= 11 is 1.48. The molecule has 0 aliphatic heterocycles. The van der Waals surface area contributed by atoms with Gasteiger partial charge in [-0.2, -0.15) is 0 Å². The van der Waals surface area contributed by atoms with E-state index in [0.717, 1.165) is 0 Å². The summed E-state index contributed by atoms with van der Waals surface area (Å²) in [5, 5.41) is 14.2. The molecule has 0 aliphatic carbocycles. The van der Waals surface area contributed by atoms with Crippen LogP contribution in [0, 0.1) is 0 Å². The first-order valence-corrected chi connectivity index (χ1v) is 10.4. The maximum absolute atomic E-state index is 12.2. The fourth-order valence-electron chi connectivity index (χ4n) is 2.58. The van der Waals surface area contributed by atoms with Gasteiger partial charge < -0.3 is 24.5 Å². The number of aromatic nitrogens is 2. The molecule has 3 rings (SSSR count). The van der Waals surface area contributed by atoms with E-state index < -0.39 is 5.91 Å². The Hall–Kier alpha value is -3.53. The van der Waals surface area contributed by atoms with Crippen molar-refractivity contribution in [2.45, 2.75) is 17.9 Å². The fourth-order valence-corrected chi connectivity index (χ4v) is 3.34. The highest BCUT2D eigenvalue weighted by Gasteiger charge is 2.11. The summed E-state index contributed by atoms with van der Waals surface area (Å²) < 4.78 is 15.5. The van der Waals surface area contributed by atoms with E-state index >= 15 is 0 Å². The van der Waals surface area contributed by atoms with Crippen LogP contribution < -0.4 is 20.1 Å². The Morgan fingerprint density at radius 2 is 1.94 bits per heavy atom. The second-order valence-electron chi connectivity index (χ2n) is 6.25. The predicted octanol–water partition coefficient (Wildman–Crippen LogP) is 3.85. The molecular weight excluding hydrogens is 420 g/mol. The predicted molar refractivity (Wildman–Crippen MR) is 117 cm³/mol. The molecule has 9 nitrogen and oxygen atoms in total. The van der Waals surface area contributed by atoms with Crippen molar-refractivity contribution in [1.29, 1.82) is 0 Å². The van der Waals surface area contributed by atoms with Gasteiger partial charge in [0.25, 0.3) is 5.91 Å². The molecule has 0 spiro atoms. The van der Waals surface area contributed by atoms with E-state index in [1.54, 1.807) is 56.7 Å². The number of hydrogen-bond donors (Lipinski definition) is 2. The number of nitrogens with zero attached hydrogens (tertiary/aromatic N) is 2. The third kappa shape index (κ3) is 6.48. The number of rotatable bonds is 10. The average molecular weight is 442 g/mol. The van der Waals surface area contributed by atoms with Crippen molar-refractivity contribution in [3.8, 4) is 11.5 Å². The van der Waals surface area contributed by atoms with E-state index in [4.69, 9.17) is 13.9 Å². The summed E-state index contributed by atoms with van der Waals surface area (Å²) in [5.41, 5.74) is 0.567. The lowest BCUT2D eigenvalue weighted by atomic mass is 10.2. The van der Waals surface area contributed by atoms with Gasteiger partial charge in [-0.05, 0) is 42.8 Å². The first kappa shape index (κ1) is 22.2. The molecule has 2 aromatic heterocycles. The molecule has 3 aromatic rings. The number of amides is 2. The SMILES string of the molecule is COc1ccc(OC)c(NC(=O)CCCSc2ccc(NC(=O)c3ccco3)nn2)c1. The lowest BCUT2D eigenvalue weighted by molar-refractivity contribution is -0.116. The second kappa shape index (κ2) is 11.0. The van der Waals surface area contributed by atoms with E-state index in [0.29, 0.717) is 46.6 Å². The molecule has 0 atom stereocenters. The van der Waals surface area contributed by atoms with Crippen molar-refractivity contribution < 1.29 is 23.5 Å². The van der Waals surface area contributed by atoms with Crippen LogP contribution in [-0.4, -0.2) is 42.0 Å². The highest BCUT2D eigenvalue weighted by atomic mass is 32.2. The summed E-state index contributed by atoms with van der Waals surface area (Å²) in [6.07, 6.45) is 2.42. The molecule has 0 saturated carbocycles. The Morgan fingerprint density at radius 1 is 1.06 bits per heavy atom. The summed E-state index contributed by atoms with van der Waals surface area (Å²) in [6, 6.07) is 11.8. The van der Waals surface area contributed by atoms with Crippen LogP contribution in [0.5, 0.6) is 11.5 Å². The van der Waals surface area contributed by atoms with Gasteiger partial charge in [0.05, 0.1) is 26.2 Å². The number of benzene rings is 1. The lowest BCUT2D eigenvalue weighted by Crippen LogP contribution is -2.12. The van der Waals surface area contributed by atoms with E-state index in [9.17, 15) is 9.59 Å². The van der Waals surface area contributed by atoms with Gasteiger partial charge in [0.1, 0.15) is 16.5 Å².